The number of ketones is 1. The summed E-state index contributed by atoms with van der Waals surface area (Å²) >= 11 is 0. The maximum absolute atomic E-state index is 12.8. The molecule has 1 aliphatic heterocycles. The van der Waals surface area contributed by atoms with Crippen molar-refractivity contribution in [3.05, 3.63) is 12.2 Å². The summed E-state index contributed by atoms with van der Waals surface area (Å²) in [5.41, 5.74) is 2.33. The van der Waals surface area contributed by atoms with Crippen molar-refractivity contribution >= 4 is 5.78 Å². The number of fused-ring (bicyclic) bond motifs is 5. The van der Waals surface area contributed by atoms with Gasteiger partial charge in [-0.05, 0) is 112 Å². The average molecular weight is 427 g/mol. The topological polar surface area (TPSA) is 29.6 Å². The summed E-state index contributed by atoms with van der Waals surface area (Å²) in [4.78, 5) is 12.8. The summed E-state index contributed by atoms with van der Waals surface area (Å²) in [6, 6.07) is 0. The predicted molar refractivity (Wildman–Crippen MR) is 127 cm³/mol. The average Bonchev–Trinajstić information content (AvgIpc) is 3.15. The second-order valence-electron chi connectivity index (χ2n) is 13.7. The fourth-order valence-corrected chi connectivity index (χ4v) is 9.75. The number of ether oxygens (including phenoxy) is 1. The van der Waals surface area contributed by atoms with Gasteiger partial charge in [0.2, 0.25) is 0 Å². The van der Waals surface area contributed by atoms with E-state index in [-0.39, 0.29) is 11.0 Å². The Kier molecular flexibility index (Phi) is 4.96. The van der Waals surface area contributed by atoms with Gasteiger partial charge < -0.3 is 4.74 Å². The molecule has 0 aromatic heterocycles. The van der Waals surface area contributed by atoms with Gasteiger partial charge in [-0.1, -0.05) is 39.8 Å². The first-order valence-corrected chi connectivity index (χ1v) is 13.3. The summed E-state index contributed by atoms with van der Waals surface area (Å²) in [6.45, 7) is 18.8. The molecule has 1 saturated heterocycles. The van der Waals surface area contributed by atoms with Crippen LogP contribution in [0.15, 0.2) is 12.2 Å². The third-order valence-electron chi connectivity index (χ3n) is 11.8. The minimum Gasteiger partial charge on any atom is -0.367 e. The molecular formula is C29H46O2. The Morgan fingerprint density at radius 2 is 1.52 bits per heavy atom. The highest BCUT2D eigenvalue weighted by Gasteiger charge is 2.64. The van der Waals surface area contributed by atoms with E-state index in [9.17, 15) is 4.79 Å². The van der Waals surface area contributed by atoms with Gasteiger partial charge in [-0.25, -0.2) is 0 Å². The molecule has 0 radical (unpaired) electrons. The number of epoxide rings is 1. The van der Waals surface area contributed by atoms with E-state index >= 15 is 0 Å². The van der Waals surface area contributed by atoms with E-state index in [1.165, 1.54) is 44.1 Å². The Morgan fingerprint density at radius 3 is 2.19 bits per heavy atom. The number of hydrogen-bond donors (Lipinski definition) is 0. The quantitative estimate of drug-likeness (QED) is 0.347. The zero-order chi connectivity index (χ0) is 22.4. The third kappa shape index (κ3) is 3.17. The molecule has 0 unspecified atom stereocenters. The lowest BCUT2D eigenvalue weighted by molar-refractivity contribution is -0.167. The van der Waals surface area contributed by atoms with Crippen molar-refractivity contribution in [2.45, 2.75) is 117 Å². The van der Waals surface area contributed by atoms with Crippen LogP contribution in [0.3, 0.4) is 0 Å². The molecule has 5 fully saturated rings. The standard InChI is InChI=1S/C29H46O2/c1-18(8-13-25-27(4,5)31-25)19-14-16-28(6)20(19)9-10-22-21(28)11-12-23-26(2,3)24(30)15-17-29(22,23)7/h19-23,25H,1,8-17H2,2-7H3/t19-,20+,21-,22+,23-,25+,28+,29-/m1/s1. The van der Waals surface area contributed by atoms with Crippen molar-refractivity contribution in [3.8, 4) is 0 Å². The number of carbonyl (C=O) groups is 1. The molecule has 1 heterocycles. The third-order valence-corrected chi connectivity index (χ3v) is 11.8. The normalized spacial score (nSPS) is 49.7. The van der Waals surface area contributed by atoms with Crippen molar-refractivity contribution < 1.29 is 9.53 Å². The van der Waals surface area contributed by atoms with Gasteiger partial charge in [-0.15, -0.1) is 0 Å². The molecule has 5 rings (SSSR count). The SMILES string of the molecule is C=C(CC[C@@H]1OC1(C)C)[C@H]1CC[C@]2(C)[C@@H]3CC[C@@H]4C(C)(C)C(=O)CC[C@]4(C)[C@H]3CC[C@@H]12. The van der Waals surface area contributed by atoms with Gasteiger partial charge in [0.25, 0.3) is 0 Å². The Bertz CT molecular complexity index is 778. The van der Waals surface area contributed by atoms with E-state index in [4.69, 9.17) is 4.74 Å². The van der Waals surface area contributed by atoms with Crippen LogP contribution in [0.2, 0.25) is 0 Å². The molecule has 0 aromatic rings. The van der Waals surface area contributed by atoms with Crippen molar-refractivity contribution in [1.29, 1.82) is 0 Å². The van der Waals surface area contributed by atoms with Crippen LogP contribution in [0.4, 0.5) is 0 Å². The molecule has 5 aliphatic rings. The first kappa shape index (κ1) is 22.2. The number of carbonyl (C=O) groups excluding carboxylic acids is 1. The van der Waals surface area contributed by atoms with E-state index < -0.39 is 0 Å². The first-order chi connectivity index (χ1) is 14.4. The summed E-state index contributed by atoms with van der Waals surface area (Å²) in [6.07, 6.45) is 12.8. The van der Waals surface area contributed by atoms with E-state index in [2.05, 4.69) is 48.1 Å². The summed E-state index contributed by atoms with van der Waals surface area (Å²) in [5.74, 6) is 4.31. The molecule has 0 spiro atoms. The molecule has 2 heteroatoms. The zero-order valence-electron chi connectivity index (χ0n) is 21.1. The molecule has 31 heavy (non-hydrogen) atoms. The molecule has 0 amide bonds. The van der Waals surface area contributed by atoms with Gasteiger partial charge in [0.15, 0.2) is 0 Å². The molecule has 4 aliphatic carbocycles. The highest BCUT2D eigenvalue weighted by atomic mass is 16.6. The van der Waals surface area contributed by atoms with Gasteiger partial charge >= 0.3 is 0 Å². The van der Waals surface area contributed by atoms with Crippen LogP contribution in [0.5, 0.6) is 0 Å². The maximum Gasteiger partial charge on any atom is 0.138 e. The van der Waals surface area contributed by atoms with Crippen molar-refractivity contribution in [1.82, 2.24) is 0 Å². The van der Waals surface area contributed by atoms with Crippen LogP contribution in [-0.4, -0.2) is 17.5 Å². The highest BCUT2D eigenvalue weighted by molar-refractivity contribution is 5.85. The lowest BCUT2D eigenvalue weighted by Crippen LogP contribution is -2.59. The van der Waals surface area contributed by atoms with Gasteiger partial charge in [-0.2, -0.15) is 0 Å². The molecule has 0 aromatic carbocycles. The number of allylic oxidation sites excluding steroid dienone is 1. The molecular weight excluding hydrogens is 380 g/mol. The zero-order valence-corrected chi connectivity index (χ0v) is 21.1. The smallest absolute Gasteiger partial charge is 0.138 e. The Labute approximate surface area is 191 Å². The van der Waals surface area contributed by atoms with Crippen molar-refractivity contribution in [2.24, 2.45) is 45.8 Å². The minimum atomic E-state index is -0.124. The summed E-state index contributed by atoms with van der Waals surface area (Å²) in [7, 11) is 0. The van der Waals surface area contributed by atoms with E-state index in [0.29, 0.717) is 28.6 Å². The molecule has 0 bridgehead atoms. The molecule has 8 atom stereocenters. The van der Waals surface area contributed by atoms with E-state index in [0.717, 1.165) is 49.4 Å². The fraction of sp³-hybridized carbons (Fsp3) is 0.897. The van der Waals surface area contributed by atoms with E-state index in [1.807, 2.05) is 0 Å². The molecule has 174 valence electrons. The Hall–Kier alpha value is -0.630. The summed E-state index contributed by atoms with van der Waals surface area (Å²) in [5, 5.41) is 0. The maximum atomic E-state index is 12.8. The van der Waals surface area contributed by atoms with Gasteiger partial charge in [0, 0.05) is 11.8 Å². The number of Topliss-reactive ketones (excluding diaryl/α,β-unsaturated/α-hetero) is 1. The van der Waals surface area contributed by atoms with Crippen LogP contribution in [-0.2, 0) is 9.53 Å². The van der Waals surface area contributed by atoms with Crippen LogP contribution in [0, 0.1) is 45.8 Å². The lowest BCUT2D eigenvalue weighted by atomic mass is 9.40. The molecule has 2 nitrogen and oxygen atoms in total. The highest BCUT2D eigenvalue weighted by Crippen LogP contribution is 2.70. The second kappa shape index (κ2) is 6.94. The summed E-state index contributed by atoms with van der Waals surface area (Å²) < 4.78 is 5.84. The minimum absolute atomic E-state index is 0.103. The van der Waals surface area contributed by atoms with Crippen LogP contribution in [0.25, 0.3) is 0 Å². The number of hydrogen-bond acceptors (Lipinski definition) is 2. The van der Waals surface area contributed by atoms with Crippen LogP contribution < -0.4 is 0 Å². The predicted octanol–water partition coefficient (Wildman–Crippen LogP) is 7.36. The van der Waals surface area contributed by atoms with E-state index in [1.54, 1.807) is 0 Å². The Morgan fingerprint density at radius 1 is 0.903 bits per heavy atom. The van der Waals surface area contributed by atoms with Crippen molar-refractivity contribution in [2.75, 3.05) is 0 Å². The van der Waals surface area contributed by atoms with Crippen LogP contribution in [0.1, 0.15) is 106 Å². The molecule has 4 saturated carbocycles. The second-order valence-corrected chi connectivity index (χ2v) is 13.7. The first-order valence-electron chi connectivity index (χ1n) is 13.3. The van der Waals surface area contributed by atoms with Gasteiger partial charge in [-0.3, -0.25) is 4.79 Å². The fourth-order valence-electron chi connectivity index (χ4n) is 9.75. The van der Waals surface area contributed by atoms with Gasteiger partial charge in [0.05, 0.1) is 11.7 Å². The Balaban J connectivity index is 1.32. The van der Waals surface area contributed by atoms with Crippen molar-refractivity contribution in [3.63, 3.8) is 0 Å². The number of rotatable bonds is 4. The lowest BCUT2D eigenvalue weighted by Gasteiger charge is -2.64. The van der Waals surface area contributed by atoms with Crippen LogP contribution >= 0.6 is 0 Å². The largest absolute Gasteiger partial charge is 0.367 e. The van der Waals surface area contributed by atoms with Gasteiger partial charge in [0.1, 0.15) is 5.78 Å². The molecule has 0 N–H and O–H groups in total. The monoisotopic (exact) mass is 426 g/mol.